The molecule has 0 aliphatic heterocycles. The molecule has 2 amide bonds. The molecule has 6 nitrogen and oxygen atoms in total. The minimum absolute atomic E-state index is 0.414. The highest BCUT2D eigenvalue weighted by Gasteiger charge is 2.26. The zero-order chi connectivity index (χ0) is 15.5. The number of benzene rings is 1. The number of rotatable bonds is 4. The van der Waals surface area contributed by atoms with Crippen LogP contribution >= 0.6 is 11.6 Å². The number of anilines is 1. The van der Waals surface area contributed by atoms with Gasteiger partial charge in [-0.05, 0) is 43.2 Å². The molecule has 22 heavy (non-hydrogen) atoms. The summed E-state index contributed by atoms with van der Waals surface area (Å²) in [6.07, 6.45) is 3.99. The van der Waals surface area contributed by atoms with E-state index in [9.17, 15) is 4.79 Å². The fraction of sp³-hybridized carbons (Fsp3) is 0.267. The van der Waals surface area contributed by atoms with Gasteiger partial charge in [-0.25, -0.2) is 10.2 Å². The van der Waals surface area contributed by atoms with Gasteiger partial charge < -0.3 is 5.32 Å². The Bertz CT molecular complexity index is 703. The maximum Gasteiger partial charge on any atom is 0.339 e. The van der Waals surface area contributed by atoms with Crippen molar-refractivity contribution in [2.24, 2.45) is 12.1 Å². The number of carbonyl (C=O) groups is 1. The average molecular weight is 318 g/mol. The summed E-state index contributed by atoms with van der Waals surface area (Å²) in [5.74, 6) is 0.592. The molecule has 0 saturated heterocycles. The first kappa shape index (κ1) is 14.6. The predicted octanol–water partition coefficient (Wildman–Crippen LogP) is 3.11. The monoisotopic (exact) mass is 317 g/mol. The lowest BCUT2D eigenvalue weighted by Gasteiger charge is -2.03. The summed E-state index contributed by atoms with van der Waals surface area (Å²) in [5, 5.41) is 11.6. The van der Waals surface area contributed by atoms with E-state index in [1.54, 1.807) is 35.2 Å². The molecule has 3 rings (SSSR count). The van der Waals surface area contributed by atoms with Gasteiger partial charge in [-0.3, -0.25) is 4.68 Å². The van der Waals surface area contributed by atoms with E-state index in [0.717, 1.165) is 11.4 Å². The van der Waals surface area contributed by atoms with E-state index in [4.69, 9.17) is 11.6 Å². The molecule has 7 heteroatoms. The third-order valence-electron chi connectivity index (χ3n) is 3.40. The summed E-state index contributed by atoms with van der Waals surface area (Å²) in [7, 11) is 1.86. The molecular formula is C15H16ClN5O. The number of hydrogen-bond acceptors (Lipinski definition) is 3. The molecule has 0 radical (unpaired) electrons. The minimum atomic E-state index is -0.414. The first-order valence-corrected chi connectivity index (χ1v) is 7.39. The Kier molecular flexibility index (Phi) is 4.11. The van der Waals surface area contributed by atoms with Crippen LogP contribution in [0.25, 0.3) is 0 Å². The van der Waals surface area contributed by atoms with Gasteiger partial charge in [-0.2, -0.15) is 10.2 Å². The van der Waals surface area contributed by atoms with E-state index < -0.39 is 6.03 Å². The fourth-order valence-electron chi connectivity index (χ4n) is 2.05. The zero-order valence-electron chi connectivity index (χ0n) is 12.1. The number of aryl methyl sites for hydroxylation is 1. The number of hydrogen-bond donors (Lipinski definition) is 2. The first-order valence-electron chi connectivity index (χ1n) is 7.01. The number of nitrogens with one attached hydrogen (secondary N) is 2. The third-order valence-corrected chi connectivity index (χ3v) is 3.65. The van der Waals surface area contributed by atoms with E-state index in [0.29, 0.717) is 16.6 Å². The van der Waals surface area contributed by atoms with E-state index in [1.165, 1.54) is 12.8 Å². The Labute approximate surface area is 133 Å². The molecule has 0 unspecified atom stereocenters. The van der Waals surface area contributed by atoms with Crippen molar-refractivity contribution >= 4 is 29.5 Å². The predicted molar refractivity (Wildman–Crippen MR) is 86.4 cm³/mol. The quantitative estimate of drug-likeness (QED) is 0.672. The smallest absolute Gasteiger partial charge is 0.307 e. The van der Waals surface area contributed by atoms with Crippen molar-refractivity contribution < 1.29 is 4.79 Å². The molecule has 1 aromatic carbocycles. The van der Waals surface area contributed by atoms with Gasteiger partial charge in [0.2, 0.25) is 0 Å². The Balaban J connectivity index is 1.54. The van der Waals surface area contributed by atoms with E-state index in [2.05, 4.69) is 20.9 Å². The van der Waals surface area contributed by atoms with Crippen LogP contribution in [0.4, 0.5) is 10.5 Å². The summed E-state index contributed by atoms with van der Waals surface area (Å²) in [4.78, 5) is 11.7. The van der Waals surface area contributed by atoms with Crippen molar-refractivity contribution in [3.05, 3.63) is 46.7 Å². The molecule has 1 heterocycles. The van der Waals surface area contributed by atoms with Crippen molar-refractivity contribution in [3.63, 3.8) is 0 Å². The lowest BCUT2D eigenvalue weighted by Crippen LogP contribution is -2.24. The summed E-state index contributed by atoms with van der Waals surface area (Å²) in [5.41, 5.74) is 5.02. The Morgan fingerprint density at radius 2 is 2.14 bits per heavy atom. The summed E-state index contributed by atoms with van der Waals surface area (Å²) in [6, 6.07) is 8.43. The number of carbonyl (C=O) groups excluding carboxylic acids is 1. The van der Waals surface area contributed by atoms with Gasteiger partial charge in [0.1, 0.15) is 0 Å². The number of halogens is 1. The maximum atomic E-state index is 11.7. The highest BCUT2D eigenvalue weighted by molar-refractivity contribution is 6.30. The van der Waals surface area contributed by atoms with Crippen LogP contribution in [-0.4, -0.2) is 22.0 Å². The first-order chi connectivity index (χ1) is 10.6. The van der Waals surface area contributed by atoms with Crippen LogP contribution in [0.3, 0.4) is 0 Å². The largest absolute Gasteiger partial charge is 0.339 e. The lowest BCUT2D eigenvalue weighted by molar-refractivity contribution is 0.252. The lowest BCUT2D eigenvalue weighted by atomic mass is 10.3. The van der Waals surface area contributed by atoms with Crippen molar-refractivity contribution in [3.8, 4) is 0 Å². The zero-order valence-corrected chi connectivity index (χ0v) is 12.8. The van der Waals surface area contributed by atoms with Crippen LogP contribution in [0.15, 0.2) is 35.4 Å². The molecule has 0 spiro atoms. The van der Waals surface area contributed by atoms with E-state index in [1.807, 2.05) is 13.1 Å². The van der Waals surface area contributed by atoms with Gasteiger partial charge in [-0.15, -0.1) is 0 Å². The van der Waals surface area contributed by atoms with Crippen molar-refractivity contribution in [1.29, 1.82) is 0 Å². The average Bonchev–Trinajstić information content (AvgIpc) is 3.27. The van der Waals surface area contributed by atoms with Gasteiger partial charge in [0.15, 0.2) is 0 Å². The topological polar surface area (TPSA) is 71.3 Å². The maximum absolute atomic E-state index is 11.7. The molecule has 2 N–H and O–H groups in total. The summed E-state index contributed by atoms with van der Waals surface area (Å²) >= 11 is 5.78. The molecule has 1 fully saturated rings. The van der Waals surface area contributed by atoms with Crippen molar-refractivity contribution in [2.75, 3.05) is 5.32 Å². The van der Waals surface area contributed by atoms with Crippen molar-refractivity contribution in [2.45, 2.75) is 18.8 Å². The van der Waals surface area contributed by atoms with Gasteiger partial charge in [-0.1, -0.05) is 11.6 Å². The van der Waals surface area contributed by atoms with Gasteiger partial charge in [0, 0.05) is 23.7 Å². The molecule has 114 valence electrons. The fourth-order valence-corrected chi connectivity index (χ4v) is 2.18. The SMILES string of the molecule is Cn1nc(C2CC2)cc1/C=N/NC(=O)Nc1ccc(Cl)cc1. The van der Waals surface area contributed by atoms with E-state index in [-0.39, 0.29) is 0 Å². The second-order valence-electron chi connectivity index (χ2n) is 5.22. The number of urea groups is 1. The molecular weight excluding hydrogens is 302 g/mol. The second kappa shape index (κ2) is 6.19. The molecule has 1 saturated carbocycles. The van der Waals surface area contributed by atoms with Gasteiger partial charge in [0.25, 0.3) is 0 Å². The van der Waals surface area contributed by atoms with E-state index >= 15 is 0 Å². The number of hydrazone groups is 1. The number of nitrogens with zero attached hydrogens (tertiary/aromatic N) is 3. The van der Waals surface area contributed by atoms with Crippen LogP contribution in [0.2, 0.25) is 5.02 Å². The minimum Gasteiger partial charge on any atom is -0.307 e. The Hall–Kier alpha value is -2.34. The van der Waals surface area contributed by atoms with Gasteiger partial charge in [0.05, 0.1) is 17.6 Å². The molecule has 1 aliphatic carbocycles. The van der Waals surface area contributed by atoms with Crippen LogP contribution in [0.5, 0.6) is 0 Å². The van der Waals surface area contributed by atoms with Crippen LogP contribution in [0.1, 0.15) is 30.1 Å². The summed E-state index contributed by atoms with van der Waals surface area (Å²) in [6.45, 7) is 0. The Morgan fingerprint density at radius 1 is 1.41 bits per heavy atom. The normalized spacial score (nSPS) is 14.3. The highest BCUT2D eigenvalue weighted by atomic mass is 35.5. The van der Waals surface area contributed by atoms with Crippen LogP contribution < -0.4 is 10.7 Å². The summed E-state index contributed by atoms with van der Waals surface area (Å²) < 4.78 is 1.76. The Morgan fingerprint density at radius 3 is 2.82 bits per heavy atom. The molecule has 1 aliphatic rings. The number of aromatic nitrogens is 2. The van der Waals surface area contributed by atoms with Crippen LogP contribution in [0, 0.1) is 0 Å². The molecule has 0 bridgehead atoms. The van der Waals surface area contributed by atoms with Crippen molar-refractivity contribution in [1.82, 2.24) is 15.2 Å². The second-order valence-corrected chi connectivity index (χ2v) is 5.66. The van der Waals surface area contributed by atoms with Crippen LogP contribution in [-0.2, 0) is 7.05 Å². The molecule has 1 aromatic heterocycles. The third kappa shape index (κ3) is 3.65. The standard InChI is InChI=1S/C15H16ClN5O/c1-21-13(8-14(20-21)10-2-3-10)9-17-19-15(22)18-12-6-4-11(16)5-7-12/h4-10H,2-3H2,1H3,(H2,18,19,22)/b17-9+. The molecule has 2 aromatic rings. The van der Waals surface area contributed by atoms with Gasteiger partial charge >= 0.3 is 6.03 Å². The number of amides is 2. The molecule has 0 atom stereocenters. The highest BCUT2D eigenvalue weighted by Crippen LogP contribution is 2.39.